The van der Waals surface area contributed by atoms with Crippen molar-refractivity contribution in [3.8, 4) is 17.5 Å². The van der Waals surface area contributed by atoms with Crippen molar-refractivity contribution in [3.05, 3.63) is 65.7 Å². The highest BCUT2D eigenvalue weighted by Gasteiger charge is 2.35. The summed E-state index contributed by atoms with van der Waals surface area (Å²) in [4.78, 5) is 35.5. The molecule has 1 aromatic heterocycles. The molecule has 0 bridgehead atoms. The zero-order valence-electron chi connectivity index (χ0n) is 18.5. The molecule has 33 heavy (non-hydrogen) atoms. The number of benzene rings is 2. The lowest BCUT2D eigenvalue weighted by molar-refractivity contribution is -0.122. The summed E-state index contributed by atoms with van der Waals surface area (Å²) in [5, 5.41) is 2.84. The fourth-order valence-corrected chi connectivity index (χ4v) is 3.67. The largest absolute Gasteiger partial charge is 0.497 e. The zero-order chi connectivity index (χ0) is 23.5. The van der Waals surface area contributed by atoms with Crippen molar-refractivity contribution in [2.75, 3.05) is 23.9 Å². The molecule has 0 saturated carbocycles. The molecule has 4 rings (SSSR count). The van der Waals surface area contributed by atoms with E-state index in [1.807, 2.05) is 0 Å². The van der Waals surface area contributed by atoms with Crippen LogP contribution in [0.3, 0.4) is 0 Å². The number of halogens is 1. The van der Waals surface area contributed by atoms with Crippen LogP contribution in [0.5, 0.6) is 17.5 Å². The molecule has 1 fully saturated rings. The van der Waals surface area contributed by atoms with E-state index in [4.69, 9.17) is 9.47 Å². The Kier molecular flexibility index (Phi) is 6.21. The van der Waals surface area contributed by atoms with E-state index in [9.17, 15) is 14.0 Å². The highest BCUT2D eigenvalue weighted by Crippen LogP contribution is 2.30. The van der Waals surface area contributed by atoms with Crippen LogP contribution in [0.15, 0.2) is 48.5 Å². The quantitative estimate of drug-likeness (QED) is 0.610. The number of para-hydroxylation sites is 1. The third kappa shape index (κ3) is 4.77. The van der Waals surface area contributed by atoms with Crippen molar-refractivity contribution in [2.24, 2.45) is 5.92 Å². The van der Waals surface area contributed by atoms with Crippen molar-refractivity contribution in [1.29, 1.82) is 0 Å². The minimum Gasteiger partial charge on any atom is -0.497 e. The maximum atomic E-state index is 13.9. The van der Waals surface area contributed by atoms with Gasteiger partial charge in [0.2, 0.25) is 11.8 Å². The summed E-state index contributed by atoms with van der Waals surface area (Å²) in [7, 11) is 1.56. The predicted octanol–water partition coefficient (Wildman–Crippen LogP) is 4.03. The minimum atomic E-state index is -0.531. The molecule has 0 radical (unpaired) electrons. The van der Waals surface area contributed by atoms with Crippen LogP contribution in [0.2, 0.25) is 0 Å². The van der Waals surface area contributed by atoms with Crippen molar-refractivity contribution in [1.82, 2.24) is 9.97 Å². The summed E-state index contributed by atoms with van der Waals surface area (Å²) in [6.07, 6.45) is 0.0937. The first-order valence-corrected chi connectivity index (χ1v) is 10.4. The zero-order valence-corrected chi connectivity index (χ0v) is 18.5. The molecule has 2 amide bonds. The van der Waals surface area contributed by atoms with Gasteiger partial charge in [0.05, 0.1) is 30.1 Å². The molecule has 3 aromatic rings. The van der Waals surface area contributed by atoms with Gasteiger partial charge in [0.1, 0.15) is 5.75 Å². The monoisotopic (exact) mass is 450 g/mol. The first-order chi connectivity index (χ1) is 15.9. The van der Waals surface area contributed by atoms with Crippen molar-refractivity contribution in [3.63, 3.8) is 0 Å². The van der Waals surface area contributed by atoms with E-state index in [1.165, 1.54) is 12.1 Å². The number of nitrogens with zero attached hydrogens (tertiary/aromatic N) is 3. The highest BCUT2D eigenvalue weighted by atomic mass is 19.1. The molecule has 170 valence electrons. The average molecular weight is 450 g/mol. The van der Waals surface area contributed by atoms with E-state index in [2.05, 4.69) is 15.3 Å². The summed E-state index contributed by atoms with van der Waals surface area (Å²) in [5.74, 6) is -0.852. The second-order valence-electron chi connectivity index (χ2n) is 7.68. The number of anilines is 2. The van der Waals surface area contributed by atoms with Crippen LogP contribution >= 0.6 is 0 Å². The van der Waals surface area contributed by atoms with Crippen LogP contribution in [-0.4, -0.2) is 35.4 Å². The number of aromatic nitrogens is 2. The lowest BCUT2D eigenvalue weighted by atomic mass is 10.1. The Morgan fingerprint density at radius 1 is 1.12 bits per heavy atom. The van der Waals surface area contributed by atoms with Gasteiger partial charge in [-0.25, -0.2) is 4.39 Å². The first kappa shape index (κ1) is 22.2. The number of carbonyl (C=O) groups excluding carboxylic acids is 2. The van der Waals surface area contributed by atoms with Gasteiger partial charge in [0.15, 0.2) is 11.6 Å². The Hall–Kier alpha value is -4.01. The van der Waals surface area contributed by atoms with Crippen molar-refractivity contribution in [2.45, 2.75) is 20.3 Å². The predicted molar refractivity (Wildman–Crippen MR) is 120 cm³/mol. The maximum absolute atomic E-state index is 13.9. The van der Waals surface area contributed by atoms with E-state index in [-0.39, 0.29) is 36.5 Å². The summed E-state index contributed by atoms with van der Waals surface area (Å²) in [6, 6.07) is 13.1. The lowest BCUT2D eigenvalue weighted by Crippen LogP contribution is -2.28. The van der Waals surface area contributed by atoms with Crippen LogP contribution in [-0.2, 0) is 9.59 Å². The normalized spacial score (nSPS) is 15.5. The first-order valence-electron chi connectivity index (χ1n) is 10.4. The molecule has 1 N–H and O–H groups in total. The van der Waals surface area contributed by atoms with Gasteiger partial charge in [0, 0.05) is 24.7 Å². The topological polar surface area (TPSA) is 93.7 Å². The number of hydrogen-bond acceptors (Lipinski definition) is 6. The molecule has 1 saturated heterocycles. The third-order valence-corrected chi connectivity index (χ3v) is 5.40. The van der Waals surface area contributed by atoms with Crippen LogP contribution < -0.4 is 19.7 Å². The second-order valence-corrected chi connectivity index (χ2v) is 7.68. The molecule has 1 atom stereocenters. The molecule has 2 aromatic carbocycles. The van der Waals surface area contributed by atoms with Crippen molar-refractivity contribution < 1.29 is 23.5 Å². The Morgan fingerprint density at radius 3 is 2.55 bits per heavy atom. The van der Waals surface area contributed by atoms with Crippen LogP contribution in [0.4, 0.5) is 15.8 Å². The molecular formula is C24H23FN4O4. The standard InChI is InChI=1S/C24H23FN4O4/c1-14-22(15(2)27-24(26-14)33-20-10-5-4-9-19(20)25)28-23(31)16-11-21(30)29(13-16)17-7-6-8-18(12-17)32-3/h4-10,12,16H,11,13H2,1-3H3,(H,28,31). The summed E-state index contributed by atoms with van der Waals surface area (Å²) >= 11 is 0. The van der Waals surface area contributed by atoms with Crippen LogP contribution in [0, 0.1) is 25.6 Å². The van der Waals surface area contributed by atoms with E-state index >= 15 is 0 Å². The molecule has 2 heterocycles. The van der Waals surface area contributed by atoms with Gasteiger partial charge < -0.3 is 19.7 Å². The van der Waals surface area contributed by atoms with Gasteiger partial charge in [-0.3, -0.25) is 9.59 Å². The van der Waals surface area contributed by atoms with Crippen LogP contribution in [0.25, 0.3) is 0 Å². The van der Waals surface area contributed by atoms with Gasteiger partial charge in [-0.2, -0.15) is 9.97 Å². The molecule has 1 aliphatic rings. The van der Waals surface area contributed by atoms with E-state index in [1.54, 1.807) is 62.3 Å². The van der Waals surface area contributed by atoms with Gasteiger partial charge in [-0.15, -0.1) is 0 Å². The molecule has 1 aliphatic heterocycles. The highest BCUT2D eigenvalue weighted by molar-refractivity contribution is 6.03. The maximum Gasteiger partial charge on any atom is 0.322 e. The number of nitrogens with one attached hydrogen (secondary N) is 1. The molecule has 9 heteroatoms. The third-order valence-electron chi connectivity index (χ3n) is 5.40. The number of carbonyl (C=O) groups is 2. The van der Waals surface area contributed by atoms with E-state index in [0.29, 0.717) is 28.5 Å². The number of aryl methyl sites for hydroxylation is 2. The fourth-order valence-electron chi connectivity index (χ4n) is 3.67. The average Bonchev–Trinajstić information content (AvgIpc) is 3.19. The van der Waals surface area contributed by atoms with Crippen molar-refractivity contribution >= 4 is 23.2 Å². The smallest absolute Gasteiger partial charge is 0.322 e. The number of methoxy groups -OCH3 is 1. The Labute approximate surface area is 190 Å². The fraction of sp³-hybridized carbons (Fsp3) is 0.250. The summed E-state index contributed by atoms with van der Waals surface area (Å²) < 4.78 is 24.5. The minimum absolute atomic E-state index is 0.00943. The van der Waals surface area contributed by atoms with Gasteiger partial charge in [-0.1, -0.05) is 18.2 Å². The van der Waals surface area contributed by atoms with Gasteiger partial charge in [0.25, 0.3) is 0 Å². The number of rotatable bonds is 6. The molecule has 0 spiro atoms. The summed E-state index contributed by atoms with van der Waals surface area (Å²) in [6.45, 7) is 3.65. The number of amides is 2. The number of ether oxygens (including phenoxy) is 2. The van der Waals surface area contributed by atoms with Gasteiger partial charge in [-0.05, 0) is 38.1 Å². The Bertz CT molecular complexity index is 1190. The molecule has 0 aliphatic carbocycles. The molecular weight excluding hydrogens is 427 g/mol. The second kappa shape index (κ2) is 9.23. The Morgan fingerprint density at radius 2 is 1.85 bits per heavy atom. The molecule has 1 unspecified atom stereocenters. The van der Waals surface area contributed by atoms with Crippen LogP contribution in [0.1, 0.15) is 17.8 Å². The van der Waals surface area contributed by atoms with Gasteiger partial charge >= 0.3 is 6.01 Å². The SMILES string of the molecule is COc1cccc(N2CC(C(=O)Nc3c(C)nc(Oc4ccccc4F)nc3C)CC2=O)c1. The molecule has 8 nitrogen and oxygen atoms in total. The lowest BCUT2D eigenvalue weighted by Gasteiger charge is -2.18. The van der Waals surface area contributed by atoms with E-state index in [0.717, 1.165) is 0 Å². The van der Waals surface area contributed by atoms with E-state index < -0.39 is 11.7 Å². The number of hydrogen-bond donors (Lipinski definition) is 1. The Balaban J connectivity index is 1.47. The summed E-state index contributed by atoms with van der Waals surface area (Å²) in [5.41, 5.74) is 2.06.